The van der Waals surface area contributed by atoms with Crippen LogP contribution in [0.4, 0.5) is 4.39 Å². The Morgan fingerprint density at radius 3 is 3.00 bits per heavy atom. The van der Waals surface area contributed by atoms with E-state index >= 15 is 0 Å². The van der Waals surface area contributed by atoms with Crippen LogP contribution in [0.3, 0.4) is 0 Å². The molecule has 4 heteroatoms. The van der Waals surface area contributed by atoms with Crippen molar-refractivity contribution in [3.05, 3.63) is 35.7 Å². The molecule has 14 heavy (non-hydrogen) atoms. The van der Waals surface area contributed by atoms with Crippen molar-refractivity contribution in [3.8, 4) is 0 Å². The molecule has 0 radical (unpaired) electrons. The Labute approximate surface area is 85.0 Å². The molecule has 0 saturated heterocycles. The topological polar surface area (TPSA) is 43.1 Å². The number of fused-ring (bicyclic) bond motifs is 1. The van der Waals surface area contributed by atoms with Gasteiger partial charge in [-0.3, -0.25) is 4.79 Å². The molecule has 0 spiro atoms. The van der Waals surface area contributed by atoms with Crippen LogP contribution in [0.1, 0.15) is 5.56 Å². The summed E-state index contributed by atoms with van der Waals surface area (Å²) >= 11 is 1.57. The maximum absolute atomic E-state index is 12.9. The summed E-state index contributed by atoms with van der Waals surface area (Å²) in [5.41, 5.74) is 6.21. The highest BCUT2D eigenvalue weighted by molar-refractivity contribution is 7.99. The summed E-state index contributed by atoms with van der Waals surface area (Å²) in [6.07, 6.45) is 1.73. The minimum absolute atomic E-state index is 0.349. The fraction of sp³-hybridized carbons (Fsp3) is 0.100. The first kappa shape index (κ1) is 9.27. The largest absolute Gasteiger partial charge is 0.366 e. The van der Waals surface area contributed by atoms with Crippen molar-refractivity contribution >= 4 is 23.2 Å². The van der Waals surface area contributed by atoms with Gasteiger partial charge in [-0.05, 0) is 18.2 Å². The van der Waals surface area contributed by atoms with Gasteiger partial charge in [0.1, 0.15) is 5.82 Å². The second kappa shape index (κ2) is 3.46. The number of amides is 1. The number of primary amides is 1. The zero-order valence-electron chi connectivity index (χ0n) is 7.29. The predicted molar refractivity (Wildman–Crippen MR) is 54.3 cm³/mol. The number of halogens is 1. The van der Waals surface area contributed by atoms with Crippen molar-refractivity contribution in [3.63, 3.8) is 0 Å². The number of rotatable bonds is 1. The Bertz CT molecular complexity index is 428. The van der Waals surface area contributed by atoms with Crippen molar-refractivity contribution in [1.29, 1.82) is 0 Å². The third-order valence-electron chi connectivity index (χ3n) is 2.02. The van der Waals surface area contributed by atoms with E-state index in [1.807, 2.05) is 0 Å². The number of nitrogens with two attached hydrogens (primary N) is 1. The summed E-state index contributed by atoms with van der Waals surface area (Å²) in [6.45, 7) is 0. The quantitative estimate of drug-likeness (QED) is 0.766. The van der Waals surface area contributed by atoms with Gasteiger partial charge in [-0.25, -0.2) is 4.39 Å². The van der Waals surface area contributed by atoms with Crippen LogP contribution in [-0.4, -0.2) is 11.7 Å². The lowest BCUT2D eigenvalue weighted by molar-refractivity contribution is -0.112. The lowest BCUT2D eigenvalue weighted by Crippen LogP contribution is -2.15. The molecule has 0 aliphatic carbocycles. The van der Waals surface area contributed by atoms with Crippen LogP contribution < -0.4 is 5.73 Å². The Hall–Kier alpha value is -1.29. The van der Waals surface area contributed by atoms with Crippen LogP contribution in [0, 0.1) is 5.82 Å². The van der Waals surface area contributed by atoms with E-state index in [0.717, 1.165) is 4.90 Å². The highest BCUT2D eigenvalue weighted by atomic mass is 32.2. The second-order valence-corrected chi connectivity index (χ2v) is 4.00. The average Bonchev–Trinajstić information content (AvgIpc) is 2.16. The van der Waals surface area contributed by atoms with Crippen molar-refractivity contribution in [1.82, 2.24) is 0 Å². The van der Waals surface area contributed by atoms with Crippen LogP contribution in [0.2, 0.25) is 0 Å². The molecule has 1 aliphatic heterocycles. The molecular weight excluding hydrogens is 201 g/mol. The maximum Gasteiger partial charge on any atom is 0.249 e. The second-order valence-electron chi connectivity index (χ2n) is 2.93. The van der Waals surface area contributed by atoms with Crippen LogP contribution in [-0.2, 0) is 4.79 Å². The molecule has 0 atom stereocenters. The minimum Gasteiger partial charge on any atom is -0.366 e. The van der Waals surface area contributed by atoms with Gasteiger partial charge in [0.15, 0.2) is 0 Å². The van der Waals surface area contributed by atoms with E-state index in [1.165, 1.54) is 12.1 Å². The summed E-state index contributed by atoms with van der Waals surface area (Å²) in [7, 11) is 0. The maximum atomic E-state index is 12.9. The van der Waals surface area contributed by atoms with E-state index in [-0.39, 0.29) is 5.82 Å². The molecule has 2 rings (SSSR count). The van der Waals surface area contributed by atoms with E-state index in [2.05, 4.69) is 0 Å². The van der Waals surface area contributed by atoms with Crippen LogP contribution in [0.25, 0.3) is 5.57 Å². The molecule has 2 N–H and O–H groups in total. The zero-order chi connectivity index (χ0) is 10.1. The van der Waals surface area contributed by atoms with Crippen molar-refractivity contribution in [2.45, 2.75) is 4.90 Å². The molecule has 0 aromatic heterocycles. The Morgan fingerprint density at radius 2 is 2.29 bits per heavy atom. The third kappa shape index (κ3) is 1.53. The molecule has 1 heterocycles. The smallest absolute Gasteiger partial charge is 0.249 e. The predicted octanol–water partition coefficient (Wildman–Crippen LogP) is 1.80. The van der Waals surface area contributed by atoms with Gasteiger partial charge in [0.25, 0.3) is 0 Å². The summed E-state index contributed by atoms with van der Waals surface area (Å²) in [4.78, 5) is 12.0. The first-order chi connectivity index (χ1) is 6.68. The van der Waals surface area contributed by atoms with E-state index in [4.69, 9.17) is 5.73 Å². The van der Waals surface area contributed by atoms with Gasteiger partial charge in [-0.15, -0.1) is 11.8 Å². The first-order valence-corrected chi connectivity index (χ1v) is 5.10. The van der Waals surface area contributed by atoms with Gasteiger partial charge in [-0.1, -0.05) is 6.08 Å². The number of hydrogen-bond donors (Lipinski definition) is 1. The average molecular weight is 209 g/mol. The van der Waals surface area contributed by atoms with Gasteiger partial charge in [0.2, 0.25) is 5.91 Å². The summed E-state index contributed by atoms with van der Waals surface area (Å²) in [5.74, 6) is -0.146. The molecule has 1 aromatic carbocycles. The molecule has 0 unspecified atom stereocenters. The van der Waals surface area contributed by atoms with E-state index in [0.29, 0.717) is 16.9 Å². The number of benzene rings is 1. The molecule has 72 valence electrons. The Kier molecular flexibility index (Phi) is 2.29. The number of carbonyl (C=O) groups is 1. The Morgan fingerprint density at radius 1 is 1.50 bits per heavy atom. The van der Waals surface area contributed by atoms with Gasteiger partial charge >= 0.3 is 0 Å². The van der Waals surface area contributed by atoms with Gasteiger partial charge in [-0.2, -0.15) is 0 Å². The fourth-order valence-corrected chi connectivity index (χ4v) is 2.31. The number of carbonyl (C=O) groups excluding carboxylic acids is 1. The van der Waals surface area contributed by atoms with E-state index in [1.54, 1.807) is 23.9 Å². The van der Waals surface area contributed by atoms with Crippen molar-refractivity contribution < 1.29 is 9.18 Å². The SMILES string of the molecule is NC(=O)C1=CCSc2ccc(F)cc21. The number of hydrogen-bond acceptors (Lipinski definition) is 2. The summed E-state index contributed by atoms with van der Waals surface area (Å²) in [5, 5.41) is 0. The van der Waals surface area contributed by atoms with Crippen molar-refractivity contribution in [2.75, 3.05) is 5.75 Å². The Balaban J connectivity index is 2.56. The van der Waals surface area contributed by atoms with E-state index in [9.17, 15) is 9.18 Å². The van der Waals surface area contributed by atoms with E-state index < -0.39 is 5.91 Å². The van der Waals surface area contributed by atoms with Crippen LogP contribution >= 0.6 is 11.8 Å². The molecule has 1 aromatic rings. The zero-order valence-corrected chi connectivity index (χ0v) is 8.10. The molecular formula is C10H8FNOS. The lowest BCUT2D eigenvalue weighted by atomic mass is 10.0. The van der Waals surface area contributed by atoms with Gasteiger partial charge in [0, 0.05) is 21.8 Å². The standard InChI is InChI=1S/C10H8FNOS/c11-6-1-2-9-8(5-6)7(10(12)13)3-4-14-9/h1-3,5H,4H2,(H2,12,13). The van der Waals surface area contributed by atoms with Crippen LogP contribution in [0.15, 0.2) is 29.2 Å². The molecule has 0 fully saturated rings. The minimum atomic E-state index is -0.503. The van der Waals surface area contributed by atoms with Gasteiger partial charge in [0.05, 0.1) is 0 Å². The monoisotopic (exact) mass is 209 g/mol. The molecule has 0 bridgehead atoms. The highest BCUT2D eigenvalue weighted by Crippen LogP contribution is 2.33. The number of thioether (sulfide) groups is 1. The normalized spacial score (nSPS) is 14.5. The van der Waals surface area contributed by atoms with Gasteiger partial charge < -0.3 is 5.73 Å². The van der Waals surface area contributed by atoms with Crippen molar-refractivity contribution in [2.24, 2.45) is 5.73 Å². The summed E-state index contributed by atoms with van der Waals surface area (Å²) in [6, 6.07) is 4.40. The lowest BCUT2D eigenvalue weighted by Gasteiger charge is -2.14. The molecule has 0 saturated carbocycles. The summed E-state index contributed by atoms with van der Waals surface area (Å²) < 4.78 is 12.9. The molecule has 2 nitrogen and oxygen atoms in total. The highest BCUT2D eigenvalue weighted by Gasteiger charge is 2.17. The molecule has 1 aliphatic rings. The third-order valence-corrected chi connectivity index (χ3v) is 3.02. The fourth-order valence-electron chi connectivity index (χ4n) is 1.40. The molecule has 1 amide bonds. The van der Waals surface area contributed by atoms with Crippen LogP contribution in [0.5, 0.6) is 0 Å². The first-order valence-electron chi connectivity index (χ1n) is 4.11.